The summed E-state index contributed by atoms with van der Waals surface area (Å²) in [6, 6.07) is 9.78. The number of anilines is 1. The van der Waals surface area contributed by atoms with Gasteiger partial charge >= 0.3 is 5.97 Å². The molecule has 0 radical (unpaired) electrons. The Balaban J connectivity index is 2.23. The molecule has 2 N–H and O–H groups in total. The summed E-state index contributed by atoms with van der Waals surface area (Å²) in [5.41, 5.74) is 1.31. The van der Waals surface area contributed by atoms with Crippen molar-refractivity contribution in [3.05, 3.63) is 65.0 Å². The second-order valence-corrected chi connectivity index (χ2v) is 4.30. The fraction of sp³-hybridized carbons (Fsp3) is 0.0667. The number of benzene rings is 2. The van der Waals surface area contributed by atoms with Crippen LogP contribution in [0.25, 0.3) is 0 Å². The first-order valence-electron chi connectivity index (χ1n) is 5.88. The minimum atomic E-state index is -1.07. The zero-order valence-electron chi connectivity index (χ0n) is 10.7. The van der Waals surface area contributed by atoms with Crippen LogP contribution in [0.4, 0.5) is 10.1 Å². The minimum Gasteiger partial charge on any atom is -0.478 e. The number of hydrogen-bond acceptors (Lipinski definition) is 2. The van der Waals surface area contributed by atoms with Gasteiger partial charge < -0.3 is 10.4 Å². The largest absolute Gasteiger partial charge is 0.478 e. The highest BCUT2D eigenvalue weighted by atomic mass is 19.1. The molecule has 0 saturated carbocycles. The Labute approximate surface area is 114 Å². The van der Waals surface area contributed by atoms with E-state index in [9.17, 15) is 14.0 Å². The first-order valence-corrected chi connectivity index (χ1v) is 5.88. The third kappa shape index (κ3) is 3.00. The summed E-state index contributed by atoms with van der Waals surface area (Å²) in [6.45, 7) is 1.63. The maximum absolute atomic E-state index is 13.0. The Morgan fingerprint density at radius 3 is 2.55 bits per heavy atom. The Morgan fingerprint density at radius 1 is 1.15 bits per heavy atom. The second-order valence-electron chi connectivity index (χ2n) is 4.30. The van der Waals surface area contributed by atoms with Crippen molar-refractivity contribution in [1.29, 1.82) is 0 Å². The fourth-order valence-electron chi connectivity index (χ4n) is 1.81. The molecule has 0 aliphatic rings. The van der Waals surface area contributed by atoms with Gasteiger partial charge in [-0.2, -0.15) is 0 Å². The van der Waals surface area contributed by atoms with Crippen LogP contribution in [0.2, 0.25) is 0 Å². The van der Waals surface area contributed by atoms with E-state index in [4.69, 9.17) is 5.11 Å². The van der Waals surface area contributed by atoms with Crippen molar-refractivity contribution >= 4 is 17.6 Å². The lowest BCUT2D eigenvalue weighted by atomic mass is 10.1. The van der Waals surface area contributed by atoms with E-state index in [2.05, 4.69) is 5.32 Å². The molecule has 0 heterocycles. The Hall–Kier alpha value is -2.69. The van der Waals surface area contributed by atoms with E-state index >= 15 is 0 Å². The molecule has 2 aromatic carbocycles. The first kappa shape index (κ1) is 13.7. The van der Waals surface area contributed by atoms with E-state index in [0.29, 0.717) is 16.8 Å². The van der Waals surface area contributed by atoms with E-state index in [1.165, 1.54) is 36.4 Å². The number of carboxylic acid groups (broad SMARTS) is 1. The van der Waals surface area contributed by atoms with Gasteiger partial charge in [0.05, 0.1) is 5.56 Å². The molecule has 0 spiro atoms. The molecule has 0 aliphatic carbocycles. The van der Waals surface area contributed by atoms with Crippen LogP contribution in [0.3, 0.4) is 0 Å². The van der Waals surface area contributed by atoms with Crippen molar-refractivity contribution in [1.82, 2.24) is 0 Å². The highest BCUT2D eigenvalue weighted by Gasteiger charge is 2.11. The number of aryl methyl sites for hydroxylation is 1. The summed E-state index contributed by atoms with van der Waals surface area (Å²) in [4.78, 5) is 22.9. The van der Waals surface area contributed by atoms with Crippen molar-refractivity contribution in [2.45, 2.75) is 6.92 Å². The number of carboxylic acids is 1. The number of carbonyl (C=O) groups is 2. The maximum Gasteiger partial charge on any atom is 0.335 e. The lowest BCUT2D eigenvalue weighted by Crippen LogP contribution is -2.14. The van der Waals surface area contributed by atoms with Crippen LogP contribution in [-0.4, -0.2) is 17.0 Å². The summed E-state index contributed by atoms with van der Waals surface area (Å²) in [6.07, 6.45) is 0. The highest BCUT2D eigenvalue weighted by Crippen LogP contribution is 2.15. The van der Waals surface area contributed by atoms with Gasteiger partial charge in [0.15, 0.2) is 0 Å². The normalized spacial score (nSPS) is 10.1. The number of aromatic carboxylic acids is 1. The Morgan fingerprint density at radius 2 is 1.90 bits per heavy atom. The van der Waals surface area contributed by atoms with E-state index < -0.39 is 17.7 Å². The zero-order chi connectivity index (χ0) is 14.7. The minimum absolute atomic E-state index is 0.0821. The van der Waals surface area contributed by atoms with Crippen molar-refractivity contribution in [2.24, 2.45) is 0 Å². The Kier molecular flexibility index (Phi) is 3.79. The molecule has 0 aromatic heterocycles. The summed E-state index contributed by atoms with van der Waals surface area (Å²) in [5.74, 6) is -1.89. The third-order valence-corrected chi connectivity index (χ3v) is 2.80. The lowest BCUT2D eigenvalue weighted by molar-refractivity contribution is 0.0696. The van der Waals surface area contributed by atoms with Crippen molar-refractivity contribution in [2.75, 3.05) is 5.32 Å². The summed E-state index contributed by atoms with van der Waals surface area (Å²) < 4.78 is 13.0. The van der Waals surface area contributed by atoms with Gasteiger partial charge in [-0.05, 0) is 48.9 Å². The molecule has 1 amide bonds. The van der Waals surface area contributed by atoms with Gasteiger partial charge in [0.1, 0.15) is 5.82 Å². The van der Waals surface area contributed by atoms with Gasteiger partial charge in [0, 0.05) is 11.3 Å². The predicted molar refractivity (Wildman–Crippen MR) is 72.5 cm³/mol. The van der Waals surface area contributed by atoms with E-state index in [1.807, 2.05) is 0 Å². The van der Waals surface area contributed by atoms with Crippen molar-refractivity contribution in [3.8, 4) is 0 Å². The predicted octanol–water partition coefficient (Wildman–Crippen LogP) is 3.08. The van der Waals surface area contributed by atoms with Gasteiger partial charge in [-0.15, -0.1) is 0 Å². The summed E-state index contributed by atoms with van der Waals surface area (Å²) in [5, 5.41) is 11.5. The fourth-order valence-corrected chi connectivity index (χ4v) is 1.81. The van der Waals surface area contributed by atoms with Gasteiger partial charge in [0.2, 0.25) is 0 Å². The molecule has 4 nitrogen and oxygen atoms in total. The van der Waals surface area contributed by atoms with Crippen molar-refractivity contribution in [3.63, 3.8) is 0 Å². The Bertz CT molecular complexity index is 683. The molecule has 0 bridgehead atoms. The number of nitrogens with one attached hydrogen (secondary N) is 1. The monoisotopic (exact) mass is 273 g/mol. The molecule has 2 aromatic rings. The maximum atomic E-state index is 13.0. The molecule has 2 rings (SSSR count). The quantitative estimate of drug-likeness (QED) is 0.903. The second kappa shape index (κ2) is 5.52. The molecule has 0 atom stereocenters. The molecule has 0 saturated heterocycles. The number of rotatable bonds is 3. The van der Waals surface area contributed by atoms with Crippen LogP contribution >= 0.6 is 0 Å². The van der Waals surface area contributed by atoms with Gasteiger partial charge in [-0.25, -0.2) is 9.18 Å². The van der Waals surface area contributed by atoms with Crippen LogP contribution in [0.5, 0.6) is 0 Å². The molecular weight excluding hydrogens is 261 g/mol. The first-order chi connectivity index (χ1) is 9.47. The van der Waals surface area contributed by atoms with Crippen molar-refractivity contribution < 1.29 is 19.1 Å². The van der Waals surface area contributed by atoms with E-state index in [1.54, 1.807) is 13.0 Å². The summed E-state index contributed by atoms with van der Waals surface area (Å²) >= 11 is 0. The smallest absolute Gasteiger partial charge is 0.335 e. The molecule has 20 heavy (non-hydrogen) atoms. The van der Waals surface area contributed by atoms with Crippen LogP contribution in [0.1, 0.15) is 26.3 Å². The number of carbonyl (C=O) groups excluding carboxylic acids is 1. The molecule has 0 aliphatic heterocycles. The molecule has 102 valence electrons. The molecule has 0 fully saturated rings. The number of halogens is 1. The van der Waals surface area contributed by atoms with Gasteiger partial charge in [-0.1, -0.05) is 6.07 Å². The molecular formula is C15H12FNO3. The van der Waals surface area contributed by atoms with Crippen LogP contribution < -0.4 is 5.32 Å². The van der Waals surface area contributed by atoms with Crippen LogP contribution in [-0.2, 0) is 0 Å². The lowest BCUT2D eigenvalue weighted by Gasteiger charge is -2.08. The molecule has 5 heteroatoms. The standard InChI is InChI=1S/C15H12FNO3/c1-9-7-11(16)5-6-13(9)14(18)17-12-4-2-3-10(8-12)15(19)20/h2-8H,1H3,(H,17,18)(H,19,20). The third-order valence-electron chi connectivity index (χ3n) is 2.80. The van der Waals surface area contributed by atoms with Crippen LogP contribution in [0, 0.1) is 12.7 Å². The number of hydrogen-bond donors (Lipinski definition) is 2. The van der Waals surface area contributed by atoms with Gasteiger partial charge in [-0.3, -0.25) is 4.79 Å². The SMILES string of the molecule is Cc1cc(F)ccc1C(=O)Nc1cccc(C(=O)O)c1. The topological polar surface area (TPSA) is 66.4 Å². The van der Waals surface area contributed by atoms with E-state index in [-0.39, 0.29) is 5.56 Å². The average molecular weight is 273 g/mol. The summed E-state index contributed by atoms with van der Waals surface area (Å²) in [7, 11) is 0. The van der Waals surface area contributed by atoms with Gasteiger partial charge in [0.25, 0.3) is 5.91 Å². The number of amides is 1. The average Bonchev–Trinajstić information content (AvgIpc) is 2.38. The highest BCUT2D eigenvalue weighted by molar-refractivity contribution is 6.05. The molecule has 0 unspecified atom stereocenters. The van der Waals surface area contributed by atoms with E-state index in [0.717, 1.165) is 0 Å². The van der Waals surface area contributed by atoms with Crippen LogP contribution in [0.15, 0.2) is 42.5 Å². The zero-order valence-corrected chi connectivity index (χ0v) is 10.7.